The zero-order valence-electron chi connectivity index (χ0n) is 8.03. The molecule has 0 amide bonds. The number of halogens is 1. The van der Waals surface area contributed by atoms with Gasteiger partial charge in [0.05, 0.1) is 12.5 Å². The molecule has 2 N–H and O–H groups in total. The van der Waals surface area contributed by atoms with Crippen LogP contribution in [0, 0.1) is 0 Å². The van der Waals surface area contributed by atoms with Crippen LogP contribution in [0.25, 0.3) is 0 Å². The minimum atomic E-state index is 0.736. The van der Waals surface area contributed by atoms with Crippen LogP contribution >= 0.6 is 22.9 Å². The van der Waals surface area contributed by atoms with E-state index in [2.05, 4.69) is 20.3 Å². The average Bonchev–Trinajstić information content (AvgIpc) is 2.84. The van der Waals surface area contributed by atoms with Crippen LogP contribution in [0.1, 0.15) is 10.7 Å². The minimum Gasteiger partial charge on any atom is -0.348 e. The maximum absolute atomic E-state index is 5.77. The molecule has 2 heterocycles. The summed E-state index contributed by atoms with van der Waals surface area (Å²) >= 11 is 7.28. The van der Waals surface area contributed by atoms with E-state index in [1.165, 1.54) is 11.3 Å². The van der Waals surface area contributed by atoms with Gasteiger partial charge in [-0.3, -0.25) is 0 Å². The van der Waals surface area contributed by atoms with Crippen molar-refractivity contribution < 1.29 is 0 Å². The first-order chi connectivity index (χ1) is 7.34. The SMILES string of the molecule is Clc1cnc(CNCCc2cnc[nH]2)s1. The van der Waals surface area contributed by atoms with E-state index >= 15 is 0 Å². The molecule has 4 nitrogen and oxygen atoms in total. The largest absolute Gasteiger partial charge is 0.348 e. The lowest BCUT2D eigenvalue weighted by Gasteiger charge is -2.00. The average molecular weight is 243 g/mol. The maximum Gasteiger partial charge on any atom is 0.113 e. The molecule has 0 spiro atoms. The Morgan fingerprint density at radius 3 is 3.07 bits per heavy atom. The van der Waals surface area contributed by atoms with Crippen molar-refractivity contribution in [1.29, 1.82) is 0 Å². The number of hydrogen-bond acceptors (Lipinski definition) is 4. The van der Waals surface area contributed by atoms with Crippen LogP contribution in [0.5, 0.6) is 0 Å². The van der Waals surface area contributed by atoms with Crippen molar-refractivity contribution in [2.24, 2.45) is 0 Å². The zero-order valence-corrected chi connectivity index (χ0v) is 9.61. The van der Waals surface area contributed by atoms with Crippen LogP contribution < -0.4 is 5.32 Å². The topological polar surface area (TPSA) is 53.6 Å². The summed E-state index contributed by atoms with van der Waals surface area (Å²) in [4.78, 5) is 11.2. The highest BCUT2D eigenvalue weighted by atomic mass is 35.5. The van der Waals surface area contributed by atoms with E-state index in [9.17, 15) is 0 Å². The Balaban J connectivity index is 1.67. The summed E-state index contributed by atoms with van der Waals surface area (Å²) in [7, 11) is 0. The molecule has 0 unspecified atom stereocenters. The Kier molecular flexibility index (Phi) is 3.71. The van der Waals surface area contributed by atoms with Gasteiger partial charge < -0.3 is 10.3 Å². The van der Waals surface area contributed by atoms with E-state index in [1.807, 2.05) is 6.20 Å². The summed E-state index contributed by atoms with van der Waals surface area (Å²) in [6.45, 7) is 1.67. The van der Waals surface area contributed by atoms with Gasteiger partial charge in [-0.25, -0.2) is 9.97 Å². The van der Waals surface area contributed by atoms with E-state index in [4.69, 9.17) is 11.6 Å². The molecule has 80 valence electrons. The molecule has 15 heavy (non-hydrogen) atoms. The lowest BCUT2D eigenvalue weighted by atomic mass is 10.3. The summed E-state index contributed by atoms with van der Waals surface area (Å²) in [5.74, 6) is 0. The second kappa shape index (κ2) is 5.25. The molecule has 0 fully saturated rings. The molecule has 2 rings (SSSR count). The van der Waals surface area contributed by atoms with Crippen molar-refractivity contribution >= 4 is 22.9 Å². The Hall–Kier alpha value is -0.910. The first-order valence-corrected chi connectivity index (χ1v) is 5.82. The van der Waals surface area contributed by atoms with Gasteiger partial charge in [0.1, 0.15) is 9.34 Å². The predicted octanol–water partition coefficient (Wildman–Crippen LogP) is 1.85. The second-order valence-corrected chi connectivity index (χ2v) is 4.81. The third kappa shape index (κ3) is 3.30. The van der Waals surface area contributed by atoms with Crippen LogP contribution in [0.3, 0.4) is 0 Å². The summed E-state index contributed by atoms with van der Waals surface area (Å²) in [5, 5.41) is 4.31. The Bertz CT molecular complexity index is 398. The lowest BCUT2D eigenvalue weighted by molar-refractivity contribution is 0.678. The molecule has 0 radical (unpaired) electrons. The predicted molar refractivity (Wildman–Crippen MR) is 61.1 cm³/mol. The number of nitrogens with zero attached hydrogens (tertiary/aromatic N) is 2. The van der Waals surface area contributed by atoms with Crippen molar-refractivity contribution in [3.05, 3.63) is 33.8 Å². The van der Waals surface area contributed by atoms with Gasteiger partial charge in [0, 0.05) is 31.4 Å². The van der Waals surface area contributed by atoms with Crippen LogP contribution in [0.4, 0.5) is 0 Å². The first kappa shape index (κ1) is 10.6. The third-order valence-electron chi connectivity index (χ3n) is 1.93. The van der Waals surface area contributed by atoms with Crippen molar-refractivity contribution in [2.75, 3.05) is 6.54 Å². The molecular formula is C9H11ClN4S. The highest BCUT2D eigenvalue weighted by Gasteiger charge is 1.99. The summed E-state index contributed by atoms with van der Waals surface area (Å²) in [6.07, 6.45) is 6.15. The molecule has 0 saturated heterocycles. The fraction of sp³-hybridized carbons (Fsp3) is 0.333. The van der Waals surface area contributed by atoms with Crippen LogP contribution in [0.2, 0.25) is 4.34 Å². The highest BCUT2D eigenvalue weighted by molar-refractivity contribution is 7.15. The van der Waals surface area contributed by atoms with E-state index in [-0.39, 0.29) is 0 Å². The molecule has 0 bridgehead atoms. The fourth-order valence-electron chi connectivity index (χ4n) is 1.21. The van der Waals surface area contributed by atoms with Crippen molar-refractivity contribution in [2.45, 2.75) is 13.0 Å². The lowest BCUT2D eigenvalue weighted by Crippen LogP contribution is -2.16. The number of thiazole rings is 1. The normalized spacial score (nSPS) is 10.7. The molecule has 2 aromatic heterocycles. The molecule has 0 aliphatic rings. The van der Waals surface area contributed by atoms with Gasteiger partial charge in [-0.05, 0) is 0 Å². The molecule has 0 aliphatic carbocycles. The molecular weight excluding hydrogens is 232 g/mol. The molecule has 0 aliphatic heterocycles. The van der Waals surface area contributed by atoms with Gasteiger partial charge in [-0.2, -0.15) is 0 Å². The smallest absolute Gasteiger partial charge is 0.113 e. The molecule has 2 aromatic rings. The molecule has 0 aromatic carbocycles. The van der Waals surface area contributed by atoms with E-state index in [1.54, 1.807) is 12.5 Å². The summed E-state index contributed by atoms with van der Waals surface area (Å²) in [5.41, 5.74) is 1.14. The summed E-state index contributed by atoms with van der Waals surface area (Å²) < 4.78 is 0.736. The first-order valence-electron chi connectivity index (χ1n) is 4.63. The summed E-state index contributed by atoms with van der Waals surface area (Å²) in [6, 6.07) is 0. The monoisotopic (exact) mass is 242 g/mol. The number of aromatic nitrogens is 3. The highest BCUT2D eigenvalue weighted by Crippen LogP contribution is 2.17. The second-order valence-electron chi connectivity index (χ2n) is 3.06. The van der Waals surface area contributed by atoms with Crippen LogP contribution in [0.15, 0.2) is 18.7 Å². The van der Waals surface area contributed by atoms with Crippen LogP contribution in [-0.2, 0) is 13.0 Å². The number of aromatic amines is 1. The fourth-order valence-corrected chi connectivity index (χ4v) is 2.14. The third-order valence-corrected chi connectivity index (χ3v) is 3.04. The zero-order chi connectivity index (χ0) is 10.5. The van der Waals surface area contributed by atoms with Gasteiger partial charge in [-0.1, -0.05) is 11.6 Å². The van der Waals surface area contributed by atoms with Gasteiger partial charge in [0.25, 0.3) is 0 Å². The Morgan fingerprint density at radius 1 is 1.47 bits per heavy atom. The van der Waals surface area contributed by atoms with E-state index in [0.29, 0.717) is 0 Å². The number of imidazole rings is 1. The van der Waals surface area contributed by atoms with Crippen LogP contribution in [-0.4, -0.2) is 21.5 Å². The quantitative estimate of drug-likeness (QED) is 0.787. The van der Waals surface area contributed by atoms with Gasteiger partial charge in [0.15, 0.2) is 0 Å². The number of rotatable bonds is 5. The number of H-pyrrole nitrogens is 1. The Morgan fingerprint density at radius 2 is 2.40 bits per heavy atom. The molecule has 0 saturated carbocycles. The van der Waals surface area contributed by atoms with Crippen molar-refractivity contribution in [3.8, 4) is 0 Å². The molecule has 0 atom stereocenters. The standard InChI is InChI=1S/C9H11ClN4S/c10-8-4-13-9(15-8)5-11-2-1-7-3-12-6-14-7/h3-4,6,11H,1-2,5H2,(H,12,14). The number of hydrogen-bond donors (Lipinski definition) is 2. The van der Waals surface area contributed by atoms with E-state index < -0.39 is 0 Å². The maximum atomic E-state index is 5.77. The molecule has 6 heteroatoms. The Labute approximate surface area is 96.7 Å². The number of nitrogens with one attached hydrogen (secondary N) is 2. The van der Waals surface area contributed by atoms with Gasteiger partial charge in [-0.15, -0.1) is 11.3 Å². The minimum absolute atomic E-state index is 0.736. The van der Waals surface area contributed by atoms with Gasteiger partial charge >= 0.3 is 0 Å². The van der Waals surface area contributed by atoms with Crippen molar-refractivity contribution in [3.63, 3.8) is 0 Å². The van der Waals surface area contributed by atoms with Crippen molar-refractivity contribution in [1.82, 2.24) is 20.3 Å². The van der Waals surface area contributed by atoms with E-state index in [0.717, 1.165) is 34.5 Å². The van der Waals surface area contributed by atoms with Gasteiger partial charge in [0.2, 0.25) is 0 Å².